The number of pyridine rings is 4. The van der Waals surface area contributed by atoms with Crippen LogP contribution in [0.4, 0.5) is 0 Å². The molecule has 0 saturated carbocycles. The summed E-state index contributed by atoms with van der Waals surface area (Å²) in [5.74, 6) is 0. The number of benzene rings is 15. The Morgan fingerprint density at radius 3 is 0.762 bits per heavy atom. The second-order valence-corrected chi connectivity index (χ2v) is 32.6. The van der Waals surface area contributed by atoms with E-state index >= 15 is 0 Å². The minimum absolute atomic E-state index is 0.943. The van der Waals surface area contributed by atoms with Gasteiger partial charge in [-0.3, -0.25) is 13.2 Å². The third kappa shape index (κ3) is 13.3. The van der Waals surface area contributed by atoms with E-state index in [1.807, 2.05) is 60.8 Å². The Labute approximate surface area is 748 Å². The predicted octanol–water partition coefficient (Wildman–Crippen LogP) is 29.4. The van der Waals surface area contributed by atoms with Gasteiger partial charge in [-0.05, 0) is 146 Å². The molecule has 0 aliphatic heterocycles. The van der Waals surface area contributed by atoms with Gasteiger partial charge in [0.15, 0.2) is 0 Å². The van der Waals surface area contributed by atoms with Crippen LogP contribution in [0.5, 0.6) is 0 Å². The van der Waals surface area contributed by atoms with E-state index in [1.165, 1.54) is 87.2 Å². The molecule has 27 rings (SSSR count). The Balaban J connectivity index is 0.0000000963. The Morgan fingerprint density at radius 2 is 0.415 bits per heavy atom. The van der Waals surface area contributed by atoms with Crippen molar-refractivity contribution in [2.45, 2.75) is 0 Å². The van der Waals surface area contributed by atoms with Crippen LogP contribution in [0.25, 0.3) is 211 Å². The molecule has 12 aromatic heterocycles. The van der Waals surface area contributed by atoms with Gasteiger partial charge in [0.25, 0.3) is 0 Å². The van der Waals surface area contributed by atoms with Crippen LogP contribution in [-0.4, -0.2) is 55.8 Å². The summed E-state index contributed by atoms with van der Waals surface area (Å²) in [6.07, 6.45) is 10.4. The van der Waals surface area contributed by atoms with E-state index in [0.717, 1.165) is 124 Å². The van der Waals surface area contributed by atoms with Crippen molar-refractivity contribution in [3.8, 4) is 102 Å². The molecule has 0 atom stereocenters. The van der Waals surface area contributed by atoms with Gasteiger partial charge in [0, 0.05) is 136 Å². The lowest BCUT2D eigenvalue weighted by Crippen LogP contribution is -1.95. The van der Waals surface area contributed by atoms with Crippen molar-refractivity contribution in [3.63, 3.8) is 0 Å². The van der Waals surface area contributed by atoms with Crippen LogP contribution in [0.2, 0.25) is 0 Å². The van der Waals surface area contributed by atoms with Gasteiger partial charge in [-0.15, -0.1) is 0 Å². The third-order valence-corrected chi connectivity index (χ3v) is 25.0. The van der Waals surface area contributed by atoms with E-state index in [1.54, 1.807) is 0 Å². The number of para-hydroxylation sites is 8. The fourth-order valence-electron chi connectivity index (χ4n) is 19.2. The van der Waals surface area contributed by atoms with Crippen molar-refractivity contribution in [3.05, 3.63) is 486 Å². The van der Waals surface area contributed by atoms with E-state index in [0.29, 0.717) is 0 Å². The Hall–Kier alpha value is -17.7. The zero-order valence-corrected chi connectivity index (χ0v) is 70.6. The standard InChI is InChI=1S/3C31H21N3.C25H17N3/c1-2-11-22(12-3-1)30-31(33-20-9-8-19-29(33)32-30)23-13-10-14-24(21-23)34-27-17-6-4-15-25(27)26-16-5-7-18-28(26)34;1-2-10-23(11-3-1)31-30(32-29-16-8-9-21-33(29)31)22-17-19-24(20-18-22)34-27-14-6-4-12-25(27)26-13-5-7-15-28(26)34;1-2-10-22(11-3-1)30-31(33-21-9-8-16-29(33)32-30)23-17-19-24(20-18-23)34-27-14-6-4-12-25(27)26-13-5-7-15-28(26)34;1-3-9-23-20(7-1)21-8-2-4-10-24(21)28(23)19-14-12-18(13-15-19)22-17-27-16-6-5-11-25(27)26-22/h3*1-21H;1-17H. The molecule has 0 aliphatic rings. The summed E-state index contributed by atoms with van der Waals surface area (Å²) in [6, 6.07) is 160. The fourth-order valence-corrected chi connectivity index (χ4v) is 19.2. The molecule has 0 saturated heterocycles. The van der Waals surface area contributed by atoms with Gasteiger partial charge in [0.05, 0.1) is 84.0 Å². The average Bonchev–Trinajstić information content (AvgIpc) is 1.55. The summed E-state index contributed by atoms with van der Waals surface area (Å²) >= 11 is 0. The lowest BCUT2D eigenvalue weighted by Gasteiger charge is -2.11. The second-order valence-electron chi connectivity index (χ2n) is 32.6. The zero-order chi connectivity index (χ0) is 86.0. The molecule has 15 aromatic carbocycles. The molecule has 0 spiro atoms. The minimum Gasteiger partial charge on any atom is -0.309 e. The monoisotopic (exact) mass is 1660 g/mol. The molecule has 612 valence electrons. The number of aromatic nitrogens is 12. The van der Waals surface area contributed by atoms with Gasteiger partial charge in [-0.1, -0.05) is 309 Å². The van der Waals surface area contributed by atoms with E-state index < -0.39 is 0 Å². The van der Waals surface area contributed by atoms with Crippen molar-refractivity contribution >= 4 is 110 Å². The summed E-state index contributed by atoms with van der Waals surface area (Å²) in [7, 11) is 0. The number of rotatable bonds is 11. The summed E-state index contributed by atoms with van der Waals surface area (Å²) < 4.78 is 18.0. The molecule has 0 N–H and O–H groups in total. The lowest BCUT2D eigenvalue weighted by molar-refractivity contribution is 1.17. The predicted molar refractivity (Wildman–Crippen MR) is 536 cm³/mol. The maximum absolute atomic E-state index is 5.01. The van der Waals surface area contributed by atoms with Crippen LogP contribution >= 0.6 is 0 Å². The molecule has 12 heteroatoms. The maximum Gasteiger partial charge on any atom is 0.137 e. The lowest BCUT2D eigenvalue weighted by atomic mass is 10.0. The van der Waals surface area contributed by atoms with E-state index in [-0.39, 0.29) is 0 Å². The SMILES string of the molecule is c1ccc(-c2c(-c3ccc(-n4c5ccccc5c5ccccc54)cc3)nc3ccccn23)cc1.c1ccc(-c2nc3ccccn3c2-c2ccc(-n3c4ccccc4c4ccccc43)cc2)cc1.c1ccc(-c2nc3ccccn3c2-c2cccc(-n3c4ccccc4c4ccccc43)c2)cc1.c1ccc2c(c1)c1ccccc1n2-c1ccc(-c2cn3ccccc3n2)cc1. The number of hydrogen-bond donors (Lipinski definition) is 0. The van der Waals surface area contributed by atoms with Gasteiger partial charge >= 0.3 is 0 Å². The molecule has 0 radical (unpaired) electrons. The van der Waals surface area contributed by atoms with Crippen molar-refractivity contribution in [2.24, 2.45) is 0 Å². The van der Waals surface area contributed by atoms with Crippen molar-refractivity contribution in [2.75, 3.05) is 0 Å². The quantitative estimate of drug-likeness (QED) is 0.129. The summed E-state index contributed by atoms with van der Waals surface area (Å²) in [5, 5.41) is 10.2. The molecule has 130 heavy (non-hydrogen) atoms. The van der Waals surface area contributed by atoms with E-state index in [4.69, 9.17) is 19.9 Å². The van der Waals surface area contributed by atoms with E-state index in [9.17, 15) is 0 Å². The first kappa shape index (κ1) is 76.0. The highest BCUT2D eigenvalue weighted by molar-refractivity contribution is 6.13. The average molecular weight is 1670 g/mol. The van der Waals surface area contributed by atoms with Crippen LogP contribution in [0.3, 0.4) is 0 Å². The Bertz CT molecular complexity index is 8660. The molecule has 0 bridgehead atoms. The van der Waals surface area contributed by atoms with E-state index in [2.05, 4.69) is 461 Å². The molecule has 0 unspecified atom stereocenters. The topological polar surface area (TPSA) is 88.9 Å². The molecule has 0 aliphatic carbocycles. The first-order valence-electron chi connectivity index (χ1n) is 43.9. The van der Waals surface area contributed by atoms with Crippen LogP contribution in [0.1, 0.15) is 0 Å². The summed E-state index contributed by atoms with van der Waals surface area (Å²) in [6.45, 7) is 0. The Morgan fingerprint density at radius 1 is 0.162 bits per heavy atom. The smallest absolute Gasteiger partial charge is 0.137 e. The fraction of sp³-hybridized carbons (Fsp3) is 0. The van der Waals surface area contributed by atoms with Gasteiger partial charge < -0.3 is 22.7 Å². The first-order valence-corrected chi connectivity index (χ1v) is 43.9. The molecule has 12 nitrogen and oxygen atoms in total. The number of nitrogens with zero attached hydrogens (tertiary/aromatic N) is 12. The van der Waals surface area contributed by atoms with Crippen molar-refractivity contribution in [1.29, 1.82) is 0 Å². The molecular formula is C118H80N12. The Kier molecular flexibility index (Phi) is 18.9. The zero-order valence-electron chi connectivity index (χ0n) is 70.6. The highest BCUT2D eigenvalue weighted by Crippen LogP contribution is 2.42. The first-order chi connectivity index (χ1) is 64.5. The van der Waals surface area contributed by atoms with Gasteiger partial charge in [0.1, 0.15) is 22.6 Å². The third-order valence-electron chi connectivity index (χ3n) is 25.0. The summed E-state index contributed by atoms with van der Waals surface area (Å²) in [4.78, 5) is 19.7. The second kappa shape index (κ2) is 32.4. The normalized spacial score (nSPS) is 11.5. The molecular weight excluding hydrogens is 1590 g/mol. The van der Waals surface area contributed by atoms with Crippen LogP contribution in [-0.2, 0) is 0 Å². The molecule has 12 heterocycles. The number of hydrogen-bond acceptors (Lipinski definition) is 4. The van der Waals surface area contributed by atoms with Gasteiger partial charge in [0.2, 0.25) is 0 Å². The van der Waals surface area contributed by atoms with Crippen LogP contribution in [0.15, 0.2) is 486 Å². The van der Waals surface area contributed by atoms with Crippen LogP contribution in [0, 0.1) is 0 Å². The molecule has 0 fully saturated rings. The van der Waals surface area contributed by atoms with Crippen molar-refractivity contribution in [1.82, 2.24) is 55.8 Å². The van der Waals surface area contributed by atoms with Crippen LogP contribution < -0.4 is 0 Å². The highest BCUT2D eigenvalue weighted by Gasteiger charge is 2.23. The number of imidazole rings is 4. The molecule has 27 aromatic rings. The van der Waals surface area contributed by atoms with Gasteiger partial charge in [-0.25, -0.2) is 19.9 Å². The summed E-state index contributed by atoms with van der Waals surface area (Å²) in [5.41, 5.74) is 33.3. The largest absolute Gasteiger partial charge is 0.309 e. The maximum atomic E-state index is 5.01. The molecule has 0 amide bonds. The van der Waals surface area contributed by atoms with Crippen molar-refractivity contribution < 1.29 is 0 Å². The highest BCUT2D eigenvalue weighted by atomic mass is 15.1. The number of fused-ring (bicyclic) bond motifs is 16. The van der Waals surface area contributed by atoms with Gasteiger partial charge in [-0.2, -0.15) is 0 Å². The minimum atomic E-state index is 0.943.